The summed E-state index contributed by atoms with van der Waals surface area (Å²) < 4.78 is 47.0. The summed E-state index contributed by atoms with van der Waals surface area (Å²) in [6.07, 6.45) is -4.44. The van der Waals surface area contributed by atoms with Gasteiger partial charge in [-0.15, -0.1) is 0 Å². The van der Waals surface area contributed by atoms with Crippen molar-refractivity contribution >= 4 is 28.3 Å². The minimum Gasteiger partial charge on any atom is -0.462 e. The van der Waals surface area contributed by atoms with E-state index in [2.05, 4.69) is 9.69 Å². The number of anilines is 2. The van der Waals surface area contributed by atoms with Crippen molar-refractivity contribution in [3.63, 3.8) is 0 Å². The molecule has 0 aromatic carbocycles. The average molecular weight is 295 g/mol. The van der Waals surface area contributed by atoms with E-state index in [1.165, 1.54) is 0 Å². The van der Waals surface area contributed by atoms with Crippen LogP contribution in [0.25, 0.3) is 0 Å². The van der Waals surface area contributed by atoms with Gasteiger partial charge in [-0.3, -0.25) is 0 Å². The van der Waals surface area contributed by atoms with Crippen LogP contribution in [0.2, 0.25) is 0 Å². The molecule has 0 aliphatic heterocycles. The lowest BCUT2D eigenvalue weighted by molar-refractivity contribution is -0.151. The van der Waals surface area contributed by atoms with Crippen LogP contribution in [-0.2, 0) is 4.74 Å². The number of esters is 1. The van der Waals surface area contributed by atoms with Gasteiger partial charge in [0.2, 0.25) is 0 Å². The number of aromatic nitrogens is 1. The Morgan fingerprint density at radius 2 is 2.21 bits per heavy atom. The van der Waals surface area contributed by atoms with Crippen LogP contribution in [-0.4, -0.2) is 28.7 Å². The molecule has 0 atom stereocenters. The van der Waals surface area contributed by atoms with E-state index in [1.54, 1.807) is 6.92 Å². The number of nitrogen functional groups attached to an aromatic ring is 1. The molecule has 1 aromatic rings. The Hall–Kier alpha value is -1.51. The summed E-state index contributed by atoms with van der Waals surface area (Å²) in [4.78, 5) is 11.6. The van der Waals surface area contributed by atoms with Crippen molar-refractivity contribution in [1.29, 1.82) is 0 Å². The number of carbonyl (C=O) groups excluding carboxylic acids is 1. The molecule has 106 valence electrons. The van der Waals surface area contributed by atoms with Crippen molar-refractivity contribution in [2.45, 2.75) is 31.5 Å². The largest absolute Gasteiger partial charge is 0.462 e. The molecule has 5 nitrogen and oxygen atoms in total. The van der Waals surface area contributed by atoms with E-state index in [1.807, 2.05) is 0 Å². The Morgan fingerprint density at radius 1 is 1.58 bits per heavy atom. The van der Waals surface area contributed by atoms with Gasteiger partial charge < -0.3 is 15.8 Å². The number of rotatable bonds is 4. The zero-order valence-electron chi connectivity index (χ0n) is 10.0. The van der Waals surface area contributed by atoms with Crippen LogP contribution in [0, 0.1) is 0 Å². The third kappa shape index (κ3) is 2.46. The zero-order valence-corrected chi connectivity index (χ0v) is 10.8. The van der Waals surface area contributed by atoms with Gasteiger partial charge in [-0.2, -0.15) is 17.5 Å². The standard InChI is InChI=1S/C10H12F3N3O2S/c1-2-18-8(17)5-6(14)16-19-7(5)15-9(3-4-9)10(11,12)13/h15H,2-4H2,1H3,(H2,14,16). The van der Waals surface area contributed by atoms with E-state index in [9.17, 15) is 18.0 Å². The van der Waals surface area contributed by atoms with Crippen LogP contribution in [0.4, 0.5) is 24.0 Å². The lowest BCUT2D eigenvalue weighted by Gasteiger charge is -2.21. The average Bonchev–Trinajstić information content (AvgIpc) is 2.98. The van der Waals surface area contributed by atoms with E-state index in [-0.39, 0.29) is 35.8 Å². The van der Waals surface area contributed by atoms with Crippen LogP contribution < -0.4 is 11.1 Å². The van der Waals surface area contributed by atoms with Crippen LogP contribution in [0.15, 0.2) is 0 Å². The molecule has 1 heterocycles. The summed E-state index contributed by atoms with van der Waals surface area (Å²) in [5.74, 6) is -0.891. The van der Waals surface area contributed by atoms with Gasteiger partial charge in [-0.05, 0) is 31.3 Å². The third-order valence-electron chi connectivity index (χ3n) is 2.84. The molecule has 9 heteroatoms. The molecular weight excluding hydrogens is 283 g/mol. The van der Waals surface area contributed by atoms with E-state index in [0.717, 1.165) is 11.5 Å². The molecule has 1 fully saturated rings. The fourth-order valence-corrected chi connectivity index (χ4v) is 2.41. The number of nitrogens with one attached hydrogen (secondary N) is 1. The van der Waals surface area contributed by atoms with Gasteiger partial charge in [0.1, 0.15) is 16.1 Å². The summed E-state index contributed by atoms with van der Waals surface area (Å²) in [7, 11) is 0. The Morgan fingerprint density at radius 3 is 2.68 bits per heavy atom. The number of hydrogen-bond donors (Lipinski definition) is 2. The van der Waals surface area contributed by atoms with Gasteiger partial charge in [-0.1, -0.05) is 0 Å². The number of hydrogen-bond acceptors (Lipinski definition) is 6. The number of nitrogens with zero attached hydrogens (tertiary/aromatic N) is 1. The van der Waals surface area contributed by atoms with Crippen LogP contribution >= 0.6 is 11.5 Å². The summed E-state index contributed by atoms with van der Waals surface area (Å²) in [6, 6.07) is 0. The predicted octanol–water partition coefficient (Wildman–Crippen LogP) is 2.41. The summed E-state index contributed by atoms with van der Waals surface area (Å²) in [6.45, 7) is 1.71. The fourth-order valence-electron chi connectivity index (χ4n) is 1.61. The number of carbonyl (C=O) groups is 1. The third-order valence-corrected chi connectivity index (χ3v) is 3.62. The highest BCUT2D eigenvalue weighted by atomic mass is 32.1. The smallest absolute Gasteiger partial charge is 0.411 e. The maximum Gasteiger partial charge on any atom is 0.411 e. The Kier molecular flexibility index (Phi) is 3.33. The second-order valence-electron chi connectivity index (χ2n) is 4.20. The first kappa shape index (κ1) is 13.9. The molecule has 0 spiro atoms. The second-order valence-corrected chi connectivity index (χ2v) is 4.97. The quantitative estimate of drug-likeness (QED) is 0.834. The highest BCUT2D eigenvalue weighted by Gasteiger charge is 2.64. The molecular formula is C10H12F3N3O2S. The Bertz CT molecular complexity index is 497. The van der Waals surface area contributed by atoms with Gasteiger partial charge in [0, 0.05) is 0 Å². The molecule has 1 aromatic heterocycles. The highest BCUT2D eigenvalue weighted by Crippen LogP contribution is 2.52. The van der Waals surface area contributed by atoms with Gasteiger partial charge in [0.05, 0.1) is 6.61 Å². The molecule has 1 saturated carbocycles. The molecule has 0 unspecified atom stereocenters. The van der Waals surface area contributed by atoms with Crippen molar-refractivity contribution in [3.8, 4) is 0 Å². The minimum absolute atomic E-state index is 0.00535. The molecule has 1 aliphatic rings. The molecule has 0 amide bonds. The van der Waals surface area contributed by atoms with Crippen LogP contribution in [0.5, 0.6) is 0 Å². The first-order valence-electron chi connectivity index (χ1n) is 5.58. The normalized spacial score (nSPS) is 17.1. The number of halogens is 3. The summed E-state index contributed by atoms with van der Waals surface area (Å²) in [5.41, 5.74) is 3.41. The van der Waals surface area contributed by atoms with Crippen molar-refractivity contribution in [2.24, 2.45) is 0 Å². The van der Waals surface area contributed by atoms with Crippen molar-refractivity contribution in [2.75, 3.05) is 17.7 Å². The summed E-state index contributed by atoms with van der Waals surface area (Å²) in [5, 5.41) is 2.35. The van der Waals surface area contributed by atoms with Gasteiger partial charge in [0.15, 0.2) is 5.82 Å². The predicted molar refractivity (Wildman–Crippen MR) is 64.1 cm³/mol. The van der Waals surface area contributed by atoms with E-state index in [0.29, 0.717) is 0 Å². The second kappa shape index (κ2) is 4.55. The molecule has 1 aliphatic carbocycles. The first-order chi connectivity index (χ1) is 8.81. The lowest BCUT2D eigenvalue weighted by atomic mass is 10.2. The van der Waals surface area contributed by atoms with E-state index in [4.69, 9.17) is 10.5 Å². The summed E-state index contributed by atoms with van der Waals surface area (Å²) >= 11 is 0.726. The van der Waals surface area contributed by atoms with Gasteiger partial charge >= 0.3 is 12.1 Å². The van der Waals surface area contributed by atoms with E-state index >= 15 is 0 Å². The SMILES string of the molecule is CCOC(=O)c1c(N)nsc1NC1(C(F)(F)F)CC1. The van der Waals surface area contributed by atoms with Crippen molar-refractivity contribution < 1.29 is 22.7 Å². The number of ether oxygens (including phenoxy) is 1. The maximum absolute atomic E-state index is 12.8. The number of alkyl halides is 3. The topological polar surface area (TPSA) is 77.2 Å². The highest BCUT2D eigenvalue weighted by molar-refractivity contribution is 7.11. The molecule has 2 rings (SSSR count). The monoisotopic (exact) mass is 295 g/mol. The minimum atomic E-state index is -4.38. The fraction of sp³-hybridized carbons (Fsp3) is 0.600. The van der Waals surface area contributed by atoms with E-state index < -0.39 is 17.7 Å². The zero-order chi connectivity index (χ0) is 14.3. The Balaban J connectivity index is 2.25. The molecule has 0 bridgehead atoms. The van der Waals surface area contributed by atoms with Crippen molar-refractivity contribution in [3.05, 3.63) is 5.56 Å². The molecule has 0 saturated heterocycles. The number of nitrogens with two attached hydrogens (primary N) is 1. The van der Waals surface area contributed by atoms with Crippen LogP contribution in [0.1, 0.15) is 30.1 Å². The van der Waals surface area contributed by atoms with Crippen molar-refractivity contribution in [1.82, 2.24) is 4.37 Å². The Labute approximate surface area is 111 Å². The first-order valence-corrected chi connectivity index (χ1v) is 6.35. The lowest BCUT2D eigenvalue weighted by Crippen LogP contribution is -2.38. The molecule has 19 heavy (non-hydrogen) atoms. The van der Waals surface area contributed by atoms with Gasteiger partial charge in [-0.25, -0.2) is 4.79 Å². The molecule has 3 N–H and O–H groups in total. The molecule has 0 radical (unpaired) electrons. The maximum atomic E-state index is 12.8. The van der Waals surface area contributed by atoms with Gasteiger partial charge in [0.25, 0.3) is 0 Å². The van der Waals surface area contributed by atoms with Crippen LogP contribution in [0.3, 0.4) is 0 Å².